The van der Waals surface area contributed by atoms with Crippen LogP contribution in [0, 0.1) is 6.92 Å². The highest BCUT2D eigenvalue weighted by molar-refractivity contribution is 9.10. The molecule has 1 rings (SSSR count). The number of nitrogens with one attached hydrogen (secondary N) is 1. The van der Waals surface area contributed by atoms with Gasteiger partial charge in [0.1, 0.15) is 0 Å². The fourth-order valence-corrected chi connectivity index (χ4v) is 3.26. The quantitative estimate of drug-likeness (QED) is 0.837. The Balaban J connectivity index is 2.71. The summed E-state index contributed by atoms with van der Waals surface area (Å²) in [6, 6.07) is 4.89. The third-order valence-electron chi connectivity index (χ3n) is 2.85. The molecule has 1 N–H and O–H groups in total. The molecule has 0 aliphatic rings. The number of rotatable bonds is 6. The van der Waals surface area contributed by atoms with E-state index in [1.165, 1.54) is 0 Å². The molecule has 1 aromatic rings. The van der Waals surface area contributed by atoms with E-state index < -0.39 is 20.8 Å². The molecule has 4 nitrogen and oxygen atoms in total. The van der Waals surface area contributed by atoms with E-state index in [-0.39, 0.29) is 16.7 Å². The first kappa shape index (κ1) is 16.8. The summed E-state index contributed by atoms with van der Waals surface area (Å²) in [4.78, 5) is 0.249. The molecule has 2 unspecified atom stereocenters. The third kappa shape index (κ3) is 4.98. The molecule has 108 valence electrons. The second-order valence-corrected chi connectivity index (χ2v) is 8.83. The number of hydrogen-bond donors (Lipinski definition) is 1. The summed E-state index contributed by atoms with van der Waals surface area (Å²) in [6.45, 7) is 3.97. The summed E-state index contributed by atoms with van der Waals surface area (Å²) in [5.41, 5.74) is 0.867. The molecule has 0 amide bonds. The Bertz CT molecular complexity index is 572. The molecule has 0 spiro atoms. The van der Waals surface area contributed by atoms with Crippen molar-refractivity contribution in [2.75, 3.05) is 12.8 Å². The van der Waals surface area contributed by atoms with Crippen molar-refractivity contribution in [1.29, 1.82) is 0 Å². The lowest BCUT2D eigenvalue weighted by Gasteiger charge is -2.10. The normalized spacial score (nSPS) is 15.2. The van der Waals surface area contributed by atoms with Crippen molar-refractivity contribution in [3.05, 3.63) is 28.2 Å². The molecule has 0 fully saturated rings. The van der Waals surface area contributed by atoms with E-state index in [1.807, 2.05) is 13.8 Å². The number of halogens is 1. The molecule has 0 saturated heterocycles. The van der Waals surface area contributed by atoms with Crippen LogP contribution in [0.25, 0.3) is 0 Å². The average Bonchev–Trinajstić information content (AvgIpc) is 2.32. The molecule has 0 radical (unpaired) electrons. The minimum atomic E-state index is -3.49. The van der Waals surface area contributed by atoms with E-state index in [0.29, 0.717) is 6.42 Å². The van der Waals surface area contributed by atoms with Gasteiger partial charge in [-0.2, -0.15) is 0 Å². The fourth-order valence-electron chi connectivity index (χ4n) is 1.43. The van der Waals surface area contributed by atoms with Crippen molar-refractivity contribution < 1.29 is 12.6 Å². The predicted octanol–water partition coefficient (Wildman–Crippen LogP) is 2.19. The molecule has 0 aromatic heterocycles. The van der Waals surface area contributed by atoms with Crippen LogP contribution < -0.4 is 4.72 Å². The molecule has 2 atom stereocenters. The lowest BCUT2D eigenvalue weighted by Crippen LogP contribution is -2.27. The van der Waals surface area contributed by atoms with E-state index in [0.717, 1.165) is 10.0 Å². The van der Waals surface area contributed by atoms with Crippen LogP contribution in [0.3, 0.4) is 0 Å². The Morgan fingerprint density at radius 3 is 2.58 bits per heavy atom. The van der Waals surface area contributed by atoms with Crippen LogP contribution in [0.15, 0.2) is 27.6 Å². The zero-order valence-electron chi connectivity index (χ0n) is 11.1. The molecule has 19 heavy (non-hydrogen) atoms. The maximum atomic E-state index is 12.0. The Morgan fingerprint density at radius 2 is 2.05 bits per heavy atom. The summed E-state index contributed by atoms with van der Waals surface area (Å²) in [5.74, 6) is 0. The SMILES string of the molecule is Cc1cc(S(=O)(=O)NCCC(C)S(C)=O)ccc1Br. The first-order valence-corrected chi connectivity index (χ1v) is 9.72. The lowest BCUT2D eigenvalue weighted by atomic mass is 10.2. The highest BCUT2D eigenvalue weighted by Crippen LogP contribution is 2.19. The minimum absolute atomic E-state index is 0.0191. The van der Waals surface area contributed by atoms with E-state index in [4.69, 9.17) is 0 Å². The zero-order chi connectivity index (χ0) is 14.6. The zero-order valence-corrected chi connectivity index (χ0v) is 14.4. The smallest absolute Gasteiger partial charge is 0.240 e. The van der Waals surface area contributed by atoms with Gasteiger partial charge in [0.25, 0.3) is 0 Å². The first-order chi connectivity index (χ1) is 8.74. The molecule has 1 aromatic carbocycles. The van der Waals surface area contributed by atoms with E-state index >= 15 is 0 Å². The van der Waals surface area contributed by atoms with Gasteiger partial charge in [-0.25, -0.2) is 13.1 Å². The van der Waals surface area contributed by atoms with Crippen LogP contribution in [-0.4, -0.2) is 30.7 Å². The van der Waals surface area contributed by atoms with Crippen LogP contribution in [0.1, 0.15) is 18.9 Å². The van der Waals surface area contributed by atoms with Crippen LogP contribution in [-0.2, 0) is 20.8 Å². The molecule has 0 bridgehead atoms. The Kier molecular flexibility index (Phi) is 6.16. The van der Waals surface area contributed by atoms with Crippen molar-refractivity contribution in [3.8, 4) is 0 Å². The van der Waals surface area contributed by atoms with Crippen molar-refractivity contribution in [3.63, 3.8) is 0 Å². The van der Waals surface area contributed by atoms with Gasteiger partial charge in [0.15, 0.2) is 0 Å². The van der Waals surface area contributed by atoms with Gasteiger partial charge >= 0.3 is 0 Å². The van der Waals surface area contributed by atoms with Crippen LogP contribution in [0.5, 0.6) is 0 Å². The molecular weight excluding hydrogens is 350 g/mol. The van der Waals surface area contributed by atoms with Crippen molar-refractivity contribution >= 4 is 36.8 Å². The first-order valence-electron chi connectivity index (χ1n) is 5.82. The Hall–Kier alpha value is -0.240. The molecular formula is C12H18BrNO3S2. The van der Waals surface area contributed by atoms with Gasteiger partial charge < -0.3 is 0 Å². The number of benzene rings is 1. The Labute approximate surface area is 125 Å². The molecule has 0 aliphatic carbocycles. The van der Waals surface area contributed by atoms with Crippen LogP contribution >= 0.6 is 15.9 Å². The molecule has 0 heterocycles. The van der Waals surface area contributed by atoms with Gasteiger partial charge in [-0.1, -0.05) is 22.9 Å². The third-order valence-corrected chi connectivity index (χ3v) is 6.57. The monoisotopic (exact) mass is 367 g/mol. The fraction of sp³-hybridized carbons (Fsp3) is 0.500. The Morgan fingerprint density at radius 1 is 1.42 bits per heavy atom. The number of aryl methyl sites for hydroxylation is 1. The maximum absolute atomic E-state index is 12.0. The van der Waals surface area contributed by atoms with Crippen LogP contribution in [0.4, 0.5) is 0 Å². The van der Waals surface area contributed by atoms with E-state index in [1.54, 1.807) is 24.5 Å². The van der Waals surface area contributed by atoms with Crippen molar-refractivity contribution in [1.82, 2.24) is 4.72 Å². The van der Waals surface area contributed by atoms with Gasteiger partial charge in [0.2, 0.25) is 10.0 Å². The largest absolute Gasteiger partial charge is 0.260 e. The molecule has 0 saturated carbocycles. The molecule has 7 heteroatoms. The standard InChI is InChI=1S/C12H18BrNO3S2/c1-9-8-11(4-5-12(9)13)19(16,17)14-7-6-10(2)18(3)15/h4-5,8,10,14H,6-7H2,1-3H3. The van der Waals surface area contributed by atoms with Crippen LogP contribution in [0.2, 0.25) is 0 Å². The second-order valence-electron chi connectivity index (χ2n) is 4.41. The van der Waals surface area contributed by atoms with Crippen molar-refractivity contribution in [2.24, 2.45) is 0 Å². The summed E-state index contributed by atoms with van der Waals surface area (Å²) in [5, 5.41) is -0.0191. The van der Waals surface area contributed by atoms with Gasteiger partial charge in [0, 0.05) is 33.3 Å². The summed E-state index contributed by atoms with van der Waals surface area (Å²) >= 11 is 3.33. The second kappa shape index (κ2) is 6.97. The predicted molar refractivity (Wildman–Crippen MR) is 82.2 cm³/mol. The summed E-state index contributed by atoms with van der Waals surface area (Å²) < 4.78 is 38.7. The highest BCUT2D eigenvalue weighted by atomic mass is 79.9. The van der Waals surface area contributed by atoms with E-state index in [2.05, 4.69) is 20.7 Å². The van der Waals surface area contributed by atoms with Gasteiger partial charge in [0.05, 0.1) is 4.90 Å². The maximum Gasteiger partial charge on any atom is 0.240 e. The topological polar surface area (TPSA) is 63.2 Å². The van der Waals surface area contributed by atoms with Crippen molar-refractivity contribution in [2.45, 2.75) is 30.4 Å². The van der Waals surface area contributed by atoms with E-state index in [9.17, 15) is 12.6 Å². The average molecular weight is 368 g/mol. The highest BCUT2D eigenvalue weighted by Gasteiger charge is 2.15. The summed E-state index contributed by atoms with van der Waals surface area (Å²) in [7, 11) is -4.42. The summed E-state index contributed by atoms with van der Waals surface area (Å²) in [6.07, 6.45) is 2.18. The minimum Gasteiger partial charge on any atom is -0.260 e. The lowest BCUT2D eigenvalue weighted by molar-refractivity contribution is 0.578. The molecule has 0 aliphatic heterocycles. The number of hydrogen-bond acceptors (Lipinski definition) is 3. The van der Waals surface area contributed by atoms with Gasteiger partial charge in [-0.3, -0.25) is 4.21 Å². The number of sulfonamides is 1. The van der Waals surface area contributed by atoms with Gasteiger partial charge in [-0.15, -0.1) is 0 Å². The van der Waals surface area contributed by atoms with Gasteiger partial charge in [-0.05, 0) is 37.1 Å².